The number of hydrogen-bond acceptors (Lipinski definition) is 2. The highest BCUT2D eigenvalue weighted by molar-refractivity contribution is 9.10. The average molecular weight is 283 g/mol. The Kier molecular flexibility index (Phi) is 3.61. The second kappa shape index (κ2) is 4.97. The number of likely N-dealkylation sites (tertiary alicyclic amines) is 1. The zero-order chi connectivity index (χ0) is 11.5. The molecule has 1 fully saturated rings. The molecule has 1 aliphatic heterocycles. The van der Waals surface area contributed by atoms with Crippen molar-refractivity contribution >= 4 is 21.8 Å². The van der Waals surface area contributed by atoms with Gasteiger partial charge in [0.05, 0.1) is 6.42 Å². The number of benzene rings is 1. The van der Waals surface area contributed by atoms with Crippen LogP contribution in [0.4, 0.5) is 0 Å². The average Bonchev–Trinajstić information content (AvgIpc) is 2.68. The Hall–Kier alpha value is -0.870. The first-order chi connectivity index (χ1) is 7.65. The van der Waals surface area contributed by atoms with Crippen molar-refractivity contribution in [2.45, 2.75) is 18.9 Å². The fourth-order valence-corrected chi connectivity index (χ4v) is 2.17. The zero-order valence-corrected chi connectivity index (χ0v) is 10.6. The second-order valence-electron chi connectivity index (χ2n) is 4.19. The number of halogens is 1. The molecule has 16 heavy (non-hydrogen) atoms. The Balaban J connectivity index is 1.94. The van der Waals surface area contributed by atoms with E-state index in [1.807, 2.05) is 29.2 Å². The molecule has 1 amide bonds. The minimum absolute atomic E-state index is 0.161. The minimum atomic E-state index is 0.161. The summed E-state index contributed by atoms with van der Waals surface area (Å²) < 4.78 is 1.03. The van der Waals surface area contributed by atoms with Crippen molar-refractivity contribution in [1.29, 1.82) is 0 Å². The number of carbonyl (C=O) groups excluding carboxylic acids is 1. The van der Waals surface area contributed by atoms with Gasteiger partial charge >= 0.3 is 0 Å². The summed E-state index contributed by atoms with van der Waals surface area (Å²) in [5.41, 5.74) is 6.83. The van der Waals surface area contributed by atoms with Gasteiger partial charge in [-0.1, -0.05) is 28.1 Å². The maximum atomic E-state index is 11.9. The Morgan fingerprint density at radius 1 is 1.44 bits per heavy atom. The van der Waals surface area contributed by atoms with Gasteiger partial charge in [-0.15, -0.1) is 0 Å². The van der Waals surface area contributed by atoms with Gasteiger partial charge in [-0.2, -0.15) is 0 Å². The van der Waals surface area contributed by atoms with Crippen LogP contribution in [-0.4, -0.2) is 29.9 Å². The van der Waals surface area contributed by atoms with Gasteiger partial charge in [-0.3, -0.25) is 4.79 Å². The summed E-state index contributed by atoms with van der Waals surface area (Å²) in [6.07, 6.45) is 1.39. The predicted molar refractivity (Wildman–Crippen MR) is 67.0 cm³/mol. The van der Waals surface area contributed by atoms with Crippen LogP contribution in [0.15, 0.2) is 28.7 Å². The monoisotopic (exact) mass is 282 g/mol. The van der Waals surface area contributed by atoms with Crippen LogP contribution in [0.1, 0.15) is 12.0 Å². The summed E-state index contributed by atoms with van der Waals surface area (Å²) in [4.78, 5) is 13.8. The number of hydrogen-bond donors (Lipinski definition) is 1. The van der Waals surface area contributed by atoms with E-state index < -0.39 is 0 Å². The molecule has 1 saturated heterocycles. The van der Waals surface area contributed by atoms with Crippen molar-refractivity contribution in [2.75, 3.05) is 13.1 Å². The Morgan fingerprint density at radius 2 is 2.12 bits per heavy atom. The number of nitrogens with two attached hydrogens (primary N) is 1. The Bertz CT molecular complexity index is 377. The molecule has 0 unspecified atom stereocenters. The number of nitrogens with zero attached hydrogens (tertiary/aromatic N) is 1. The molecule has 0 spiro atoms. The first-order valence-corrected chi connectivity index (χ1v) is 6.22. The summed E-state index contributed by atoms with van der Waals surface area (Å²) in [5.74, 6) is 0.176. The maximum absolute atomic E-state index is 11.9. The molecule has 1 aromatic carbocycles. The Labute approximate surface area is 104 Å². The third-order valence-electron chi connectivity index (χ3n) is 2.85. The molecular formula is C12H15BrN2O. The highest BCUT2D eigenvalue weighted by Crippen LogP contribution is 2.13. The first kappa shape index (κ1) is 11.6. The standard InChI is InChI=1S/C12H15BrN2O/c13-10-3-1-9(2-4-10)7-12(16)15-6-5-11(14)8-15/h1-4,11H,5-8,14H2/t11-/m0/s1. The predicted octanol–water partition coefficient (Wildman–Crippen LogP) is 1.55. The van der Waals surface area contributed by atoms with E-state index in [0.717, 1.165) is 23.0 Å². The van der Waals surface area contributed by atoms with E-state index in [1.165, 1.54) is 0 Å². The van der Waals surface area contributed by atoms with Crippen LogP contribution in [0.3, 0.4) is 0 Å². The smallest absolute Gasteiger partial charge is 0.227 e. The van der Waals surface area contributed by atoms with Crippen LogP contribution in [-0.2, 0) is 11.2 Å². The SMILES string of the molecule is N[C@H]1CCN(C(=O)Cc2ccc(Br)cc2)C1. The highest BCUT2D eigenvalue weighted by Gasteiger charge is 2.23. The van der Waals surface area contributed by atoms with Crippen LogP contribution >= 0.6 is 15.9 Å². The Morgan fingerprint density at radius 3 is 2.69 bits per heavy atom. The van der Waals surface area contributed by atoms with Crippen molar-refractivity contribution in [2.24, 2.45) is 5.73 Å². The number of rotatable bonds is 2. The quantitative estimate of drug-likeness (QED) is 0.895. The van der Waals surface area contributed by atoms with Crippen molar-refractivity contribution in [3.05, 3.63) is 34.3 Å². The maximum Gasteiger partial charge on any atom is 0.227 e. The molecule has 0 aromatic heterocycles. The van der Waals surface area contributed by atoms with Gasteiger partial charge in [0, 0.05) is 23.6 Å². The summed E-state index contributed by atoms with van der Waals surface area (Å²) in [7, 11) is 0. The van der Waals surface area contributed by atoms with E-state index in [9.17, 15) is 4.79 Å². The van der Waals surface area contributed by atoms with Crippen LogP contribution in [0.2, 0.25) is 0 Å². The van der Waals surface area contributed by atoms with Crippen molar-refractivity contribution < 1.29 is 4.79 Å². The number of carbonyl (C=O) groups is 1. The third kappa shape index (κ3) is 2.83. The molecule has 2 N–H and O–H groups in total. The van der Waals surface area contributed by atoms with E-state index in [1.54, 1.807) is 0 Å². The summed E-state index contributed by atoms with van der Waals surface area (Å²) in [6, 6.07) is 8.01. The molecule has 1 heterocycles. The fourth-order valence-electron chi connectivity index (χ4n) is 1.90. The fraction of sp³-hybridized carbons (Fsp3) is 0.417. The van der Waals surface area contributed by atoms with E-state index in [2.05, 4.69) is 15.9 Å². The molecule has 1 aromatic rings. The summed E-state index contributed by atoms with van der Waals surface area (Å²) in [5, 5.41) is 0. The molecule has 86 valence electrons. The van der Waals surface area contributed by atoms with Crippen molar-refractivity contribution in [3.8, 4) is 0 Å². The normalized spacial score (nSPS) is 20.1. The van der Waals surface area contributed by atoms with Crippen LogP contribution in [0.25, 0.3) is 0 Å². The molecule has 0 radical (unpaired) electrons. The second-order valence-corrected chi connectivity index (χ2v) is 5.11. The van der Waals surface area contributed by atoms with Gasteiger partial charge in [0.2, 0.25) is 5.91 Å². The zero-order valence-electron chi connectivity index (χ0n) is 9.03. The van der Waals surface area contributed by atoms with E-state index in [0.29, 0.717) is 13.0 Å². The van der Waals surface area contributed by atoms with Crippen molar-refractivity contribution in [3.63, 3.8) is 0 Å². The van der Waals surface area contributed by atoms with Crippen LogP contribution < -0.4 is 5.73 Å². The summed E-state index contributed by atoms with van der Waals surface area (Å²) >= 11 is 3.37. The molecule has 3 nitrogen and oxygen atoms in total. The molecular weight excluding hydrogens is 268 g/mol. The van der Waals surface area contributed by atoms with E-state index in [4.69, 9.17) is 5.73 Å². The third-order valence-corrected chi connectivity index (χ3v) is 3.37. The highest BCUT2D eigenvalue weighted by atomic mass is 79.9. The lowest BCUT2D eigenvalue weighted by molar-refractivity contribution is -0.129. The van der Waals surface area contributed by atoms with Crippen LogP contribution in [0.5, 0.6) is 0 Å². The molecule has 1 aliphatic rings. The molecule has 0 bridgehead atoms. The lowest BCUT2D eigenvalue weighted by Gasteiger charge is -2.15. The van der Waals surface area contributed by atoms with E-state index >= 15 is 0 Å². The molecule has 0 saturated carbocycles. The number of amides is 1. The van der Waals surface area contributed by atoms with Gasteiger partial charge in [0.15, 0.2) is 0 Å². The molecule has 4 heteroatoms. The molecule has 1 atom stereocenters. The lowest BCUT2D eigenvalue weighted by Crippen LogP contribution is -2.32. The van der Waals surface area contributed by atoms with Gasteiger partial charge in [0.25, 0.3) is 0 Å². The molecule has 2 rings (SSSR count). The van der Waals surface area contributed by atoms with Gasteiger partial charge in [-0.05, 0) is 24.1 Å². The topological polar surface area (TPSA) is 46.3 Å². The van der Waals surface area contributed by atoms with Crippen LogP contribution in [0, 0.1) is 0 Å². The van der Waals surface area contributed by atoms with E-state index in [-0.39, 0.29) is 11.9 Å². The molecule has 0 aliphatic carbocycles. The minimum Gasteiger partial charge on any atom is -0.341 e. The lowest BCUT2D eigenvalue weighted by atomic mass is 10.1. The largest absolute Gasteiger partial charge is 0.341 e. The van der Waals surface area contributed by atoms with Gasteiger partial charge in [0.1, 0.15) is 0 Å². The van der Waals surface area contributed by atoms with Gasteiger partial charge in [-0.25, -0.2) is 0 Å². The van der Waals surface area contributed by atoms with Crippen molar-refractivity contribution in [1.82, 2.24) is 4.90 Å². The van der Waals surface area contributed by atoms with Gasteiger partial charge < -0.3 is 10.6 Å². The first-order valence-electron chi connectivity index (χ1n) is 5.43. The summed E-state index contributed by atoms with van der Waals surface area (Å²) in [6.45, 7) is 1.51.